The Balaban J connectivity index is 0. The molecule has 1 aromatic carbocycles. The Kier molecular flexibility index (Phi) is 7.90. The van der Waals surface area contributed by atoms with Crippen molar-refractivity contribution in [2.24, 2.45) is 5.73 Å². The summed E-state index contributed by atoms with van der Waals surface area (Å²) in [5, 5.41) is 0. The molecule has 2 N–H and O–H groups in total. The molecule has 0 unspecified atom stereocenters. The fourth-order valence-corrected chi connectivity index (χ4v) is 1.72. The van der Waals surface area contributed by atoms with E-state index in [-0.39, 0.29) is 6.97 Å². The van der Waals surface area contributed by atoms with E-state index < -0.39 is 0 Å². The molecule has 0 aromatic heterocycles. The molecule has 0 atom stereocenters. The van der Waals surface area contributed by atoms with Gasteiger partial charge in [0.2, 0.25) is 0 Å². The van der Waals surface area contributed by atoms with Crippen molar-refractivity contribution in [1.29, 1.82) is 0 Å². The van der Waals surface area contributed by atoms with Crippen LogP contribution in [0.5, 0.6) is 0 Å². The second kappa shape index (κ2) is 8.30. The molecule has 1 nitrogen and oxygen atoms in total. The summed E-state index contributed by atoms with van der Waals surface area (Å²) in [6, 6.07) is 8.53. The molecule has 100 valence electrons. The van der Waals surface area contributed by atoms with Gasteiger partial charge in [-0.2, -0.15) is 0 Å². The average molecular weight is 237 g/mol. The van der Waals surface area contributed by atoms with Crippen molar-refractivity contribution in [2.75, 3.05) is 0 Å². The first-order valence-corrected chi connectivity index (χ1v) is 7.05. The molecule has 17 heavy (non-hydrogen) atoms. The monoisotopic (exact) mass is 237 g/mol. The van der Waals surface area contributed by atoms with Crippen molar-refractivity contribution in [3.05, 3.63) is 35.4 Å². The molecule has 0 heterocycles. The van der Waals surface area contributed by atoms with Crippen LogP contribution in [0.4, 0.5) is 0 Å². The van der Waals surface area contributed by atoms with Crippen LogP contribution in [0.2, 0.25) is 0 Å². The highest BCUT2D eigenvalue weighted by molar-refractivity contribution is 5.37. The van der Waals surface area contributed by atoms with E-state index in [1.54, 1.807) is 0 Å². The Hall–Kier alpha value is -0.820. The second-order valence-electron chi connectivity index (χ2n) is 4.37. The summed E-state index contributed by atoms with van der Waals surface area (Å²) >= 11 is 0. The minimum atomic E-state index is 0. The summed E-state index contributed by atoms with van der Waals surface area (Å²) in [6.07, 6.45) is 4.66. The van der Waals surface area contributed by atoms with Gasteiger partial charge in [-0.3, -0.25) is 0 Å². The van der Waals surface area contributed by atoms with E-state index in [4.69, 9.17) is 5.73 Å². The summed E-state index contributed by atoms with van der Waals surface area (Å²) in [6.45, 7) is 10.4. The van der Waals surface area contributed by atoms with E-state index in [2.05, 4.69) is 45.0 Å². The van der Waals surface area contributed by atoms with Crippen LogP contribution in [0.25, 0.3) is 0 Å². The van der Waals surface area contributed by atoms with E-state index in [0.29, 0.717) is 0 Å². The predicted octanol–water partition coefficient (Wildman–Crippen LogP) is 4.89. The topological polar surface area (TPSA) is 26.0 Å². The molecule has 0 aliphatic heterocycles. The lowest BCUT2D eigenvalue weighted by Crippen LogP contribution is -2.20. The Labute approximate surface area is 109 Å². The van der Waals surface area contributed by atoms with Crippen LogP contribution >= 0.6 is 0 Å². The van der Waals surface area contributed by atoms with Gasteiger partial charge in [0.15, 0.2) is 0 Å². The highest BCUT2D eigenvalue weighted by Crippen LogP contribution is 2.43. The lowest BCUT2D eigenvalue weighted by atomic mass is 9.98. The molecule has 0 amide bonds. The minimum Gasteiger partial charge on any atom is -0.321 e. The van der Waals surface area contributed by atoms with Crippen LogP contribution in [-0.2, 0) is 12.0 Å². The Morgan fingerprint density at radius 1 is 1.12 bits per heavy atom. The van der Waals surface area contributed by atoms with E-state index in [0.717, 1.165) is 19.3 Å². The Morgan fingerprint density at radius 3 is 2.00 bits per heavy atom. The van der Waals surface area contributed by atoms with E-state index in [9.17, 15) is 0 Å². The van der Waals surface area contributed by atoms with Gasteiger partial charge in [0, 0.05) is 6.97 Å². The molecule has 1 fully saturated rings. The maximum absolute atomic E-state index is 6.14. The molecule has 1 heteroatoms. The maximum Gasteiger partial charge on any atom is 0.0414 e. The van der Waals surface area contributed by atoms with Gasteiger partial charge < -0.3 is 5.73 Å². The molecular weight excluding hydrogens is 206 g/mol. The molecule has 0 spiro atoms. The van der Waals surface area contributed by atoms with Gasteiger partial charge in [-0.05, 0) is 30.4 Å². The zero-order chi connectivity index (χ0) is 13.3. The molecule has 1 aliphatic rings. The molecule has 1 saturated carbocycles. The lowest BCUT2D eigenvalue weighted by molar-refractivity contribution is 0.727. The van der Waals surface area contributed by atoms with E-state index in [1.165, 1.54) is 17.5 Å². The lowest BCUT2D eigenvalue weighted by Gasteiger charge is -2.13. The number of benzene rings is 1. The minimum absolute atomic E-state index is 0. The number of nitrogens with two attached hydrogens (primary N) is 1. The van der Waals surface area contributed by atoms with Crippen LogP contribution < -0.4 is 5.73 Å². The van der Waals surface area contributed by atoms with Crippen LogP contribution in [0.1, 0.15) is 66.4 Å². The molecule has 1 aliphatic carbocycles. The first-order chi connectivity index (χ1) is 8.18. The van der Waals surface area contributed by atoms with Gasteiger partial charge in [0.25, 0.3) is 0 Å². The fourth-order valence-electron chi connectivity index (χ4n) is 1.72. The number of aryl methyl sites for hydroxylation is 1. The summed E-state index contributed by atoms with van der Waals surface area (Å²) < 4.78 is 0. The number of hydrogen-bond acceptors (Lipinski definition) is 1. The zero-order valence-corrected chi connectivity index (χ0v) is 12.2. The van der Waals surface area contributed by atoms with Gasteiger partial charge in [-0.1, -0.05) is 65.3 Å². The molecule has 2 rings (SSSR count). The van der Waals surface area contributed by atoms with Crippen molar-refractivity contribution in [2.45, 2.75) is 65.8 Å². The molecule has 0 radical (unpaired) electrons. The third kappa shape index (κ3) is 4.91. The molecule has 0 bridgehead atoms. The molecule has 0 saturated heterocycles. The summed E-state index contributed by atoms with van der Waals surface area (Å²) in [5.41, 5.74) is 8.96. The standard InChI is InChI=1S/C11H15N.C3H8.C2H6.H2/c1-2-9-5-3-4-6-10(9)11(12)7-8-11;1-3-2;1-2;/h3-6H,2,7-8,12H2,1H3;3H2,1-2H3;1-2H3;1H. The third-order valence-electron chi connectivity index (χ3n) is 2.72. The number of rotatable bonds is 2. The third-order valence-corrected chi connectivity index (χ3v) is 2.72. The molecule has 1 aromatic rings. The van der Waals surface area contributed by atoms with Crippen molar-refractivity contribution in [3.63, 3.8) is 0 Å². The Morgan fingerprint density at radius 2 is 1.59 bits per heavy atom. The average Bonchev–Trinajstić information content (AvgIpc) is 3.12. The highest BCUT2D eigenvalue weighted by Gasteiger charge is 2.40. The first kappa shape index (κ1) is 16.2. The van der Waals surface area contributed by atoms with Crippen molar-refractivity contribution in [1.82, 2.24) is 0 Å². The van der Waals surface area contributed by atoms with E-state index >= 15 is 0 Å². The molecular formula is C16H31N. The first-order valence-electron chi connectivity index (χ1n) is 7.05. The quantitative estimate of drug-likeness (QED) is 0.779. The van der Waals surface area contributed by atoms with Crippen LogP contribution in [0, 0.1) is 0 Å². The largest absolute Gasteiger partial charge is 0.321 e. The van der Waals surface area contributed by atoms with Crippen molar-refractivity contribution < 1.29 is 1.43 Å². The predicted molar refractivity (Wildman–Crippen MR) is 80.3 cm³/mol. The van der Waals surface area contributed by atoms with Crippen molar-refractivity contribution >= 4 is 0 Å². The Bertz CT molecular complexity index is 306. The summed E-state index contributed by atoms with van der Waals surface area (Å²) in [5.74, 6) is 0. The summed E-state index contributed by atoms with van der Waals surface area (Å²) in [4.78, 5) is 0. The number of hydrogen-bond donors (Lipinski definition) is 1. The van der Waals surface area contributed by atoms with E-state index in [1.807, 2.05) is 13.8 Å². The fraction of sp³-hybridized carbons (Fsp3) is 0.625. The zero-order valence-electron chi connectivity index (χ0n) is 12.2. The van der Waals surface area contributed by atoms with Crippen molar-refractivity contribution in [3.8, 4) is 0 Å². The normalized spacial score (nSPS) is 14.9. The summed E-state index contributed by atoms with van der Waals surface area (Å²) in [7, 11) is 0. The van der Waals surface area contributed by atoms with Crippen LogP contribution in [0.15, 0.2) is 24.3 Å². The second-order valence-corrected chi connectivity index (χ2v) is 4.37. The van der Waals surface area contributed by atoms with Gasteiger partial charge >= 0.3 is 0 Å². The maximum atomic E-state index is 6.14. The van der Waals surface area contributed by atoms with Crippen LogP contribution in [-0.4, -0.2) is 0 Å². The van der Waals surface area contributed by atoms with Gasteiger partial charge in [0.05, 0.1) is 0 Å². The van der Waals surface area contributed by atoms with Gasteiger partial charge in [0.1, 0.15) is 0 Å². The highest BCUT2D eigenvalue weighted by atomic mass is 14.8. The SMILES string of the molecule is CC.CCC.CCc1ccccc1C1(N)CC1.[HH]. The van der Waals surface area contributed by atoms with Gasteiger partial charge in [-0.15, -0.1) is 0 Å². The van der Waals surface area contributed by atoms with Crippen LogP contribution in [0.3, 0.4) is 0 Å². The smallest absolute Gasteiger partial charge is 0.0414 e. The van der Waals surface area contributed by atoms with Gasteiger partial charge in [-0.25, -0.2) is 0 Å².